The third-order valence-corrected chi connectivity index (χ3v) is 3.01. The second-order valence-electron chi connectivity index (χ2n) is 4.27. The summed E-state index contributed by atoms with van der Waals surface area (Å²) < 4.78 is 0. The third kappa shape index (κ3) is 5.18. The van der Waals surface area contributed by atoms with E-state index in [9.17, 15) is 14.7 Å². The van der Waals surface area contributed by atoms with Gasteiger partial charge in [-0.1, -0.05) is 17.7 Å². The molecular formula is C13H16ClNO4. The van der Waals surface area contributed by atoms with E-state index < -0.39 is 5.97 Å². The van der Waals surface area contributed by atoms with Gasteiger partial charge < -0.3 is 15.5 Å². The molecule has 104 valence electrons. The normalized spacial score (nSPS) is 11.9. The fourth-order valence-electron chi connectivity index (χ4n) is 1.81. The minimum atomic E-state index is -0.932. The minimum Gasteiger partial charge on any atom is -0.508 e. The van der Waals surface area contributed by atoms with Crippen LogP contribution in [0.1, 0.15) is 25.3 Å². The average molecular weight is 286 g/mol. The molecule has 0 fully saturated rings. The Morgan fingerprint density at radius 3 is 2.63 bits per heavy atom. The Bertz CT molecular complexity index is 455. The summed E-state index contributed by atoms with van der Waals surface area (Å²) in [5.74, 6) is -1.14. The summed E-state index contributed by atoms with van der Waals surface area (Å²) in [6, 6.07) is 4.38. The standard InChI is InChI=1S/C13H16ClNO4/c1-8(16)15-9(5-6-13(18)19)7-10-11(14)3-2-4-12(10)17/h2-4,9,17H,5-7H2,1H3,(H,15,16)(H,18,19). The van der Waals surface area contributed by atoms with Crippen LogP contribution in [-0.4, -0.2) is 28.1 Å². The van der Waals surface area contributed by atoms with Gasteiger partial charge in [0.2, 0.25) is 5.91 Å². The predicted octanol–water partition coefficient (Wildman–Crippen LogP) is 1.96. The highest BCUT2D eigenvalue weighted by atomic mass is 35.5. The van der Waals surface area contributed by atoms with Crippen molar-refractivity contribution in [1.29, 1.82) is 0 Å². The number of amides is 1. The van der Waals surface area contributed by atoms with Crippen LogP contribution in [0.2, 0.25) is 5.02 Å². The number of carboxylic acids is 1. The van der Waals surface area contributed by atoms with Gasteiger partial charge >= 0.3 is 5.97 Å². The van der Waals surface area contributed by atoms with Gasteiger partial charge in [-0.05, 0) is 25.0 Å². The van der Waals surface area contributed by atoms with Crippen molar-refractivity contribution in [3.05, 3.63) is 28.8 Å². The van der Waals surface area contributed by atoms with Gasteiger partial charge in [0.25, 0.3) is 0 Å². The molecule has 1 aromatic rings. The van der Waals surface area contributed by atoms with Gasteiger partial charge in [0, 0.05) is 30.0 Å². The van der Waals surface area contributed by atoms with Crippen LogP contribution in [0, 0.1) is 0 Å². The second-order valence-corrected chi connectivity index (χ2v) is 4.68. The number of hydrogen-bond donors (Lipinski definition) is 3. The molecule has 0 bridgehead atoms. The molecule has 0 aromatic heterocycles. The summed E-state index contributed by atoms with van der Waals surface area (Å²) in [6.07, 6.45) is 0.508. The Labute approximate surface area is 116 Å². The number of carbonyl (C=O) groups excluding carboxylic acids is 1. The molecule has 0 radical (unpaired) electrons. The summed E-state index contributed by atoms with van der Waals surface area (Å²) >= 11 is 5.98. The lowest BCUT2D eigenvalue weighted by Gasteiger charge is -2.18. The van der Waals surface area contributed by atoms with E-state index in [4.69, 9.17) is 16.7 Å². The maximum atomic E-state index is 11.1. The first-order chi connectivity index (χ1) is 8.90. The zero-order valence-electron chi connectivity index (χ0n) is 10.5. The fourth-order valence-corrected chi connectivity index (χ4v) is 2.05. The van der Waals surface area contributed by atoms with E-state index in [0.29, 0.717) is 17.0 Å². The Kier molecular flexibility index (Phi) is 5.63. The summed E-state index contributed by atoms with van der Waals surface area (Å²) in [6.45, 7) is 1.36. The number of phenols is 1. The van der Waals surface area contributed by atoms with Gasteiger partial charge in [-0.3, -0.25) is 9.59 Å². The summed E-state index contributed by atoms with van der Waals surface area (Å²) in [4.78, 5) is 21.7. The molecule has 19 heavy (non-hydrogen) atoms. The van der Waals surface area contributed by atoms with Gasteiger partial charge in [0.15, 0.2) is 0 Å². The van der Waals surface area contributed by atoms with E-state index in [1.54, 1.807) is 12.1 Å². The van der Waals surface area contributed by atoms with Crippen LogP contribution in [0.5, 0.6) is 5.75 Å². The highest BCUT2D eigenvalue weighted by molar-refractivity contribution is 6.31. The van der Waals surface area contributed by atoms with Gasteiger partial charge in [0.1, 0.15) is 5.75 Å². The summed E-state index contributed by atoms with van der Waals surface area (Å²) in [5, 5.41) is 21.5. The number of hydrogen-bond acceptors (Lipinski definition) is 3. The van der Waals surface area contributed by atoms with Crippen LogP contribution in [0.3, 0.4) is 0 Å². The average Bonchev–Trinajstić information content (AvgIpc) is 2.30. The molecular weight excluding hydrogens is 270 g/mol. The van der Waals surface area contributed by atoms with Crippen molar-refractivity contribution in [1.82, 2.24) is 5.32 Å². The molecule has 0 aliphatic carbocycles. The number of halogens is 1. The minimum absolute atomic E-state index is 0.0400. The number of benzene rings is 1. The van der Waals surface area contributed by atoms with E-state index in [1.807, 2.05) is 0 Å². The van der Waals surface area contributed by atoms with Gasteiger partial charge in [-0.2, -0.15) is 0 Å². The van der Waals surface area contributed by atoms with E-state index in [1.165, 1.54) is 13.0 Å². The summed E-state index contributed by atoms with van der Waals surface area (Å²) in [7, 11) is 0. The molecule has 1 unspecified atom stereocenters. The first-order valence-electron chi connectivity index (χ1n) is 5.85. The van der Waals surface area contributed by atoms with Crippen molar-refractivity contribution in [2.24, 2.45) is 0 Å². The van der Waals surface area contributed by atoms with Gasteiger partial charge in [-0.15, -0.1) is 0 Å². The van der Waals surface area contributed by atoms with E-state index in [-0.39, 0.29) is 30.5 Å². The Balaban J connectivity index is 2.81. The quantitative estimate of drug-likeness (QED) is 0.746. The van der Waals surface area contributed by atoms with E-state index >= 15 is 0 Å². The summed E-state index contributed by atoms with van der Waals surface area (Å²) in [5.41, 5.74) is 0.508. The lowest BCUT2D eigenvalue weighted by atomic mass is 10.0. The molecule has 0 aliphatic heterocycles. The van der Waals surface area contributed by atoms with Crippen molar-refractivity contribution in [2.45, 2.75) is 32.2 Å². The molecule has 5 nitrogen and oxygen atoms in total. The largest absolute Gasteiger partial charge is 0.508 e. The maximum absolute atomic E-state index is 11.1. The SMILES string of the molecule is CC(=O)NC(CCC(=O)O)Cc1c(O)cccc1Cl. The molecule has 1 aromatic carbocycles. The third-order valence-electron chi connectivity index (χ3n) is 2.66. The first kappa shape index (κ1) is 15.3. The number of carbonyl (C=O) groups is 2. The van der Waals surface area contributed by atoms with Crippen LogP contribution in [0.25, 0.3) is 0 Å². The first-order valence-corrected chi connectivity index (χ1v) is 6.23. The van der Waals surface area contributed by atoms with Crippen LogP contribution in [0.4, 0.5) is 0 Å². The van der Waals surface area contributed by atoms with Crippen LogP contribution in [-0.2, 0) is 16.0 Å². The lowest BCUT2D eigenvalue weighted by molar-refractivity contribution is -0.137. The molecule has 1 rings (SSSR count). The topological polar surface area (TPSA) is 86.6 Å². The van der Waals surface area contributed by atoms with Crippen molar-refractivity contribution in [3.8, 4) is 5.75 Å². The fraction of sp³-hybridized carbons (Fsp3) is 0.385. The van der Waals surface area contributed by atoms with Crippen molar-refractivity contribution >= 4 is 23.5 Å². The zero-order chi connectivity index (χ0) is 14.4. The highest BCUT2D eigenvalue weighted by Crippen LogP contribution is 2.27. The number of carboxylic acid groups (broad SMARTS) is 1. The number of nitrogens with one attached hydrogen (secondary N) is 1. The number of phenolic OH excluding ortho intramolecular Hbond substituents is 1. The molecule has 3 N–H and O–H groups in total. The smallest absolute Gasteiger partial charge is 0.303 e. The highest BCUT2D eigenvalue weighted by Gasteiger charge is 2.16. The molecule has 0 heterocycles. The Hall–Kier alpha value is -1.75. The van der Waals surface area contributed by atoms with Gasteiger partial charge in [0.05, 0.1) is 0 Å². The van der Waals surface area contributed by atoms with Gasteiger partial charge in [-0.25, -0.2) is 0 Å². The zero-order valence-corrected chi connectivity index (χ0v) is 11.3. The molecule has 0 saturated heterocycles. The van der Waals surface area contributed by atoms with Crippen molar-refractivity contribution in [3.63, 3.8) is 0 Å². The molecule has 0 saturated carbocycles. The second kappa shape index (κ2) is 6.99. The van der Waals surface area contributed by atoms with Crippen LogP contribution >= 0.6 is 11.6 Å². The lowest BCUT2D eigenvalue weighted by Crippen LogP contribution is -2.35. The molecule has 1 amide bonds. The Morgan fingerprint density at radius 1 is 1.42 bits per heavy atom. The maximum Gasteiger partial charge on any atom is 0.303 e. The molecule has 0 spiro atoms. The van der Waals surface area contributed by atoms with Crippen LogP contribution in [0.15, 0.2) is 18.2 Å². The number of aliphatic carboxylic acids is 1. The molecule has 1 atom stereocenters. The van der Waals surface area contributed by atoms with Crippen molar-refractivity contribution < 1.29 is 19.8 Å². The van der Waals surface area contributed by atoms with E-state index in [0.717, 1.165) is 0 Å². The molecule has 0 aliphatic rings. The molecule has 6 heteroatoms. The Morgan fingerprint density at radius 2 is 2.11 bits per heavy atom. The van der Waals surface area contributed by atoms with Crippen molar-refractivity contribution in [2.75, 3.05) is 0 Å². The monoisotopic (exact) mass is 285 g/mol. The number of aromatic hydroxyl groups is 1. The van der Waals surface area contributed by atoms with Crippen LogP contribution < -0.4 is 5.32 Å². The number of rotatable bonds is 6. The van der Waals surface area contributed by atoms with E-state index in [2.05, 4.69) is 5.32 Å². The predicted molar refractivity (Wildman–Crippen MR) is 71.3 cm³/mol.